The number of aryl methyl sites for hydroxylation is 1. The third kappa shape index (κ3) is 5.70. The number of thioether (sulfide) groups is 1. The Balaban J connectivity index is 0.000000858. The SMILES string of the molecule is COc1cc(Oc2ccc(C)cn2)cc2cc(C3=NCC(CC(=O)O)S3)[nH]c12.O=S=O. The van der Waals surface area contributed by atoms with Crippen LogP contribution in [0.15, 0.2) is 41.5 Å². The zero-order valence-electron chi connectivity index (χ0n) is 16.7. The molecule has 1 atom stereocenters. The summed E-state index contributed by atoms with van der Waals surface area (Å²) in [5, 5.41) is 10.7. The van der Waals surface area contributed by atoms with Gasteiger partial charge in [-0.3, -0.25) is 9.79 Å². The molecule has 162 valence electrons. The molecule has 0 aliphatic carbocycles. The van der Waals surface area contributed by atoms with E-state index in [9.17, 15) is 4.79 Å². The van der Waals surface area contributed by atoms with E-state index in [1.165, 1.54) is 11.8 Å². The number of pyridine rings is 1. The van der Waals surface area contributed by atoms with Crippen LogP contribution < -0.4 is 9.47 Å². The van der Waals surface area contributed by atoms with E-state index >= 15 is 0 Å². The van der Waals surface area contributed by atoms with Crippen molar-refractivity contribution in [3.05, 3.63) is 47.8 Å². The second kappa shape index (κ2) is 10.2. The van der Waals surface area contributed by atoms with Crippen LogP contribution in [0, 0.1) is 6.92 Å². The Labute approximate surface area is 185 Å². The van der Waals surface area contributed by atoms with E-state index in [0.29, 0.717) is 23.9 Å². The number of carboxylic acids is 1. The lowest BCUT2D eigenvalue weighted by atomic mass is 10.2. The third-order valence-corrected chi connectivity index (χ3v) is 5.56. The maximum absolute atomic E-state index is 10.9. The summed E-state index contributed by atoms with van der Waals surface area (Å²) in [6.07, 6.45) is 1.85. The van der Waals surface area contributed by atoms with E-state index < -0.39 is 17.5 Å². The molecule has 2 aromatic heterocycles. The van der Waals surface area contributed by atoms with Gasteiger partial charge in [-0.05, 0) is 24.6 Å². The molecule has 0 fully saturated rings. The standard InChI is InChI=1S/C20H19N3O4S.O2S/c1-11-3-4-17(21-9-11)27-13-5-12-6-15(23-19(12)16(7-13)26-2)20-22-10-14(28-20)8-18(24)25;1-3-2/h3-7,9,14,23H,8,10H2,1-2H3,(H,24,25);. The van der Waals surface area contributed by atoms with Crippen molar-refractivity contribution in [1.82, 2.24) is 9.97 Å². The number of aliphatic imine (C=N–C) groups is 1. The fourth-order valence-corrected chi connectivity index (χ4v) is 4.10. The largest absolute Gasteiger partial charge is 0.494 e. The molecule has 1 unspecified atom stereocenters. The number of H-pyrrole nitrogens is 1. The molecule has 0 bridgehead atoms. The number of methoxy groups -OCH3 is 1. The first-order valence-electron chi connectivity index (χ1n) is 9.09. The molecule has 9 nitrogen and oxygen atoms in total. The number of rotatable bonds is 6. The Morgan fingerprint density at radius 2 is 2.10 bits per heavy atom. The Morgan fingerprint density at radius 3 is 2.74 bits per heavy atom. The van der Waals surface area contributed by atoms with Crippen molar-refractivity contribution in [2.45, 2.75) is 18.6 Å². The molecular formula is C20H19N3O6S2. The molecule has 3 aromatic rings. The van der Waals surface area contributed by atoms with Crippen molar-refractivity contribution in [2.75, 3.05) is 13.7 Å². The summed E-state index contributed by atoms with van der Waals surface area (Å²) in [5.41, 5.74) is 2.75. The zero-order valence-corrected chi connectivity index (χ0v) is 18.3. The highest BCUT2D eigenvalue weighted by molar-refractivity contribution is 8.15. The maximum atomic E-state index is 10.9. The average Bonchev–Trinajstić information content (AvgIpc) is 3.36. The molecule has 0 saturated carbocycles. The topological polar surface area (TPSA) is 131 Å². The van der Waals surface area contributed by atoms with Crippen molar-refractivity contribution in [2.24, 2.45) is 4.99 Å². The average molecular weight is 462 g/mol. The van der Waals surface area contributed by atoms with Gasteiger partial charge in [0.2, 0.25) is 5.88 Å². The molecule has 1 aliphatic rings. The van der Waals surface area contributed by atoms with Crippen LogP contribution in [0.4, 0.5) is 0 Å². The highest BCUT2D eigenvalue weighted by atomic mass is 32.2. The smallest absolute Gasteiger partial charge is 0.335 e. The van der Waals surface area contributed by atoms with Gasteiger partial charge in [0, 0.05) is 29.0 Å². The molecule has 0 radical (unpaired) electrons. The number of carboxylic acid groups (broad SMARTS) is 1. The summed E-state index contributed by atoms with van der Waals surface area (Å²) < 4.78 is 28.0. The lowest BCUT2D eigenvalue weighted by molar-refractivity contribution is -0.136. The number of aromatic amines is 1. The zero-order chi connectivity index (χ0) is 22.4. The van der Waals surface area contributed by atoms with Crippen molar-refractivity contribution in [3.63, 3.8) is 0 Å². The van der Waals surface area contributed by atoms with Gasteiger partial charge in [-0.25, -0.2) is 4.98 Å². The Hall–Kier alpha value is -3.18. The summed E-state index contributed by atoms with van der Waals surface area (Å²) in [6, 6.07) is 9.45. The maximum Gasteiger partial charge on any atom is 0.335 e. The summed E-state index contributed by atoms with van der Waals surface area (Å²) in [6.45, 7) is 2.48. The Bertz CT molecular complexity index is 1150. The van der Waals surface area contributed by atoms with Crippen molar-refractivity contribution in [3.8, 4) is 17.4 Å². The lowest BCUT2D eigenvalue weighted by Gasteiger charge is -2.08. The Morgan fingerprint density at radius 1 is 1.32 bits per heavy atom. The third-order valence-electron chi connectivity index (χ3n) is 4.34. The fraction of sp³-hybridized carbons (Fsp3) is 0.250. The summed E-state index contributed by atoms with van der Waals surface area (Å²) in [7, 11) is 1.61. The van der Waals surface area contributed by atoms with Gasteiger partial charge in [-0.15, -0.1) is 0 Å². The van der Waals surface area contributed by atoms with Crippen molar-refractivity contribution < 1.29 is 27.8 Å². The molecule has 4 rings (SSSR count). The van der Waals surface area contributed by atoms with E-state index in [2.05, 4.69) is 15.0 Å². The van der Waals surface area contributed by atoms with Gasteiger partial charge in [0.25, 0.3) is 0 Å². The number of carbonyl (C=O) groups is 1. The molecule has 31 heavy (non-hydrogen) atoms. The van der Waals surface area contributed by atoms with Crippen LogP contribution in [0.1, 0.15) is 17.7 Å². The monoisotopic (exact) mass is 461 g/mol. The number of fused-ring (bicyclic) bond motifs is 1. The summed E-state index contributed by atoms with van der Waals surface area (Å²) in [4.78, 5) is 23.0. The number of aromatic nitrogens is 2. The molecule has 3 heterocycles. The van der Waals surface area contributed by atoms with Crippen LogP contribution >= 0.6 is 11.8 Å². The van der Waals surface area contributed by atoms with Gasteiger partial charge >= 0.3 is 17.5 Å². The number of benzene rings is 1. The molecule has 0 saturated heterocycles. The van der Waals surface area contributed by atoms with Crippen molar-refractivity contribution in [1.29, 1.82) is 0 Å². The summed E-state index contributed by atoms with van der Waals surface area (Å²) >= 11 is 0.735. The van der Waals surface area contributed by atoms with Gasteiger partial charge in [-0.2, -0.15) is 8.42 Å². The molecule has 0 amide bonds. The van der Waals surface area contributed by atoms with E-state index in [4.69, 9.17) is 23.0 Å². The van der Waals surface area contributed by atoms with Crippen LogP contribution in [0.3, 0.4) is 0 Å². The second-order valence-corrected chi connectivity index (χ2v) is 8.03. The quantitative estimate of drug-likeness (QED) is 0.571. The molecule has 1 aromatic carbocycles. The molecular weight excluding hydrogens is 442 g/mol. The fourth-order valence-electron chi connectivity index (χ4n) is 3.02. The minimum absolute atomic E-state index is 0.0349. The molecule has 2 N–H and O–H groups in total. The number of ether oxygens (including phenoxy) is 2. The lowest BCUT2D eigenvalue weighted by Crippen LogP contribution is -2.10. The first-order chi connectivity index (χ1) is 14.9. The Kier molecular flexibility index (Phi) is 7.42. The highest BCUT2D eigenvalue weighted by Crippen LogP contribution is 2.35. The minimum atomic E-state index is -0.807. The molecule has 1 aliphatic heterocycles. The second-order valence-electron chi connectivity index (χ2n) is 6.60. The first-order valence-corrected chi connectivity index (χ1v) is 10.6. The molecule has 0 spiro atoms. The number of nitrogens with zero attached hydrogens (tertiary/aromatic N) is 2. The normalized spacial score (nSPS) is 15.0. The van der Waals surface area contributed by atoms with E-state index in [-0.39, 0.29) is 11.7 Å². The predicted octanol–water partition coefficient (Wildman–Crippen LogP) is 3.34. The van der Waals surface area contributed by atoms with Crippen molar-refractivity contribution >= 4 is 45.2 Å². The van der Waals surface area contributed by atoms with E-state index in [0.717, 1.165) is 27.2 Å². The van der Waals surface area contributed by atoms with Crippen LogP contribution in [0.5, 0.6) is 17.4 Å². The first kappa shape index (κ1) is 22.5. The van der Waals surface area contributed by atoms with Crippen LogP contribution in [0.2, 0.25) is 0 Å². The number of nitrogens with one attached hydrogen (secondary N) is 1. The van der Waals surface area contributed by atoms with Crippen LogP contribution in [-0.2, 0) is 16.4 Å². The van der Waals surface area contributed by atoms with E-state index in [1.807, 2.05) is 31.2 Å². The number of aliphatic carboxylic acids is 1. The number of hydrogen-bond acceptors (Lipinski definition) is 8. The minimum Gasteiger partial charge on any atom is -0.494 e. The summed E-state index contributed by atoms with van der Waals surface area (Å²) in [5.74, 6) is 0.973. The van der Waals surface area contributed by atoms with Gasteiger partial charge in [0.05, 0.1) is 31.3 Å². The van der Waals surface area contributed by atoms with Gasteiger partial charge in [0.1, 0.15) is 16.5 Å². The van der Waals surface area contributed by atoms with Crippen LogP contribution in [-0.4, -0.2) is 53.4 Å². The van der Waals surface area contributed by atoms with Gasteiger partial charge < -0.3 is 19.6 Å². The van der Waals surface area contributed by atoms with Gasteiger partial charge in [0.15, 0.2) is 0 Å². The van der Waals surface area contributed by atoms with Crippen LogP contribution in [0.25, 0.3) is 10.9 Å². The van der Waals surface area contributed by atoms with E-state index in [1.54, 1.807) is 19.4 Å². The van der Waals surface area contributed by atoms with Gasteiger partial charge in [-0.1, -0.05) is 17.8 Å². The predicted molar refractivity (Wildman–Crippen MR) is 118 cm³/mol. The highest BCUT2D eigenvalue weighted by Gasteiger charge is 2.24. The number of hydrogen-bond donors (Lipinski definition) is 2. The molecule has 11 heteroatoms.